The van der Waals surface area contributed by atoms with Crippen LogP contribution in [0.15, 0.2) is 0 Å². The normalized spacial score (nSPS) is 27.3. The van der Waals surface area contributed by atoms with Gasteiger partial charge in [-0.25, -0.2) is 0 Å². The van der Waals surface area contributed by atoms with Crippen LogP contribution in [0.1, 0.15) is 20.8 Å². The molecule has 3 atom stereocenters. The van der Waals surface area contributed by atoms with Crippen molar-refractivity contribution in [2.24, 2.45) is 11.1 Å². The maximum atomic E-state index is 12.2. The highest BCUT2D eigenvalue weighted by Gasteiger charge is 2.39. The van der Waals surface area contributed by atoms with Gasteiger partial charge in [0.05, 0.1) is 6.04 Å². The summed E-state index contributed by atoms with van der Waals surface area (Å²) >= 11 is 0. The Kier molecular flexibility index (Phi) is 4.52. The van der Waals surface area contributed by atoms with E-state index < -0.39 is 6.04 Å². The number of ether oxygens (including phenoxy) is 2. The van der Waals surface area contributed by atoms with Crippen molar-refractivity contribution in [2.75, 3.05) is 27.3 Å². The smallest absolute Gasteiger partial charge is 0.240 e. The molecule has 1 heterocycles. The molecule has 5 nitrogen and oxygen atoms in total. The highest BCUT2D eigenvalue weighted by molar-refractivity contribution is 5.82. The molecule has 1 aliphatic heterocycles. The van der Waals surface area contributed by atoms with Crippen molar-refractivity contribution in [1.82, 2.24) is 4.90 Å². The predicted octanol–water partition coefficient (Wildman–Crippen LogP) is 0.232. The van der Waals surface area contributed by atoms with Crippen molar-refractivity contribution in [3.63, 3.8) is 0 Å². The third kappa shape index (κ3) is 3.18. The van der Waals surface area contributed by atoms with Crippen molar-refractivity contribution < 1.29 is 14.3 Å². The van der Waals surface area contributed by atoms with Gasteiger partial charge in [-0.15, -0.1) is 0 Å². The molecule has 17 heavy (non-hydrogen) atoms. The van der Waals surface area contributed by atoms with E-state index in [9.17, 15) is 4.79 Å². The highest BCUT2D eigenvalue weighted by atomic mass is 16.5. The zero-order chi connectivity index (χ0) is 13.2. The second-order valence-electron chi connectivity index (χ2n) is 5.64. The van der Waals surface area contributed by atoms with E-state index in [0.29, 0.717) is 13.1 Å². The molecule has 5 heteroatoms. The summed E-state index contributed by atoms with van der Waals surface area (Å²) < 4.78 is 10.6. The Hall–Kier alpha value is -0.650. The van der Waals surface area contributed by atoms with Crippen molar-refractivity contribution in [1.29, 1.82) is 0 Å². The average Bonchev–Trinajstić information content (AvgIpc) is 2.68. The Labute approximate surface area is 103 Å². The molecule has 0 aliphatic carbocycles. The van der Waals surface area contributed by atoms with Gasteiger partial charge in [-0.1, -0.05) is 20.8 Å². The Morgan fingerprint density at radius 2 is 1.65 bits per heavy atom. The summed E-state index contributed by atoms with van der Waals surface area (Å²) in [5, 5.41) is 0. The van der Waals surface area contributed by atoms with Crippen LogP contribution < -0.4 is 5.73 Å². The first-order chi connectivity index (χ1) is 7.81. The highest BCUT2D eigenvalue weighted by Crippen LogP contribution is 2.22. The molecule has 0 spiro atoms. The minimum atomic E-state index is -0.490. The Morgan fingerprint density at radius 1 is 1.24 bits per heavy atom. The summed E-state index contributed by atoms with van der Waals surface area (Å²) in [6.07, 6.45) is -0.118. The molecule has 2 N–H and O–H groups in total. The van der Waals surface area contributed by atoms with Crippen LogP contribution in [0, 0.1) is 5.41 Å². The average molecular weight is 244 g/mol. The lowest BCUT2D eigenvalue weighted by Gasteiger charge is -2.29. The number of hydrogen-bond acceptors (Lipinski definition) is 4. The first-order valence-electron chi connectivity index (χ1n) is 5.91. The Morgan fingerprint density at radius 3 is 1.94 bits per heavy atom. The van der Waals surface area contributed by atoms with Crippen molar-refractivity contribution in [2.45, 2.75) is 39.0 Å². The number of carbonyl (C=O) groups is 1. The molecule has 0 aromatic heterocycles. The molecular formula is C12H24N2O3. The lowest BCUT2D eigenvalue weighted by atomic mass is 9.86. The molecular weight excluding hydrogens is 220 g/mol. The van der Waals surface area contributed by atoms with E-state index >= 15 is 0 Å². The lowest BCUT2D eigenvalue weighted by molar-refractivity contribution is -0.134. The number of nitrogens with two attached hydrogens (primary N) is 1. The summed E-state index contributed by atoms with van der Waals surface area (Å²) in [7, 11) is 3.27. The standard InChI is InChI=1S/C12H24N2O3/c1-12(2,3)10(13)11(15)14-6-8(16-4)9(7-14)17-5/h8-10H,6-7,13H2,1-5H3/t8?,9?,10-/m1/s1. The number of likely N-dealkylation sites (tertiary alicyclic amines) is 1. The molecule has 100 valence electrons. The molecule has 0 radical (unpaired) electrons. The second-order valence-corrected chi connectivity index (χ2v) is 5.64. The zero-order valence-corrected chi connectivity index (χ0v) is 11.4. The largest absolute Gasteiger partial charge is 0.377 e. The quantitative estimate of drug-likeness (QED) is 0.772. The van der Waals surface area contributed by atoms with E-state index in [1.54, 1.807) is 19.1 Å². The van der Waals surface area contributed by atoms with Crippen LogP contribution in [-0.2, 0) is 14.3 Å². The van der Waals surface area contributed by atoms with E-state index in [1.807, 2.05) is 20.8 Å². The molecule has 0 aromatic carbocycles. The fraction of sp³-hybridized carbons (Fsp3) is 0.917. The van der Waals surface area contributed by atoms with Crippen LogP contribution in [-0.4, -0.2) is 56.4 Å². The predicted molar refractivity (Wildman–Crippen MR) is 65.6 cm³/mol. The minimum absolute atomic E-state index is 0.0286. The maximum Gasteiger partial charge on any atom is 0.240 e. The summed E-state index contributed by atoms with van der Waals surface area (Å²) in [6.45, 7) is 7.00. The van der Waals surface area contributed by atoms with Gasteiger partial charge in [0.25, 0.3) is 0 Å². The molecule has 0 saturated carbocycles. The van der Waals surface area contributed by atoms with Gasteiger partial charge >= 0.3 is 0 Å². The van der Waals surface area contributed by atoms with Gasteiger partial charge < -0.3 is 20.1 Å². The SMILES string of the molecule is COC1CN(C(=O)[C@@H](N)C(C)(C)C)CC1OC. The third-order valence-electron chi connectivity index (χ3n) is 3.33. The van der Waals surface area contributed by atoms with Gasteiger partial charge in [-0.05, 0) is 5.41 Å². The van der Waals surface area contributed by atoms with E-state index in [-0.39, 0.29) is 23.5 Å². The third-order valence-corrected chi connectivity index (χ3v) is 3.33. The summed E-state index contributed by atoms with van der Waals surface area (Å²) in [5.41, 5.74) is 5.74. The van der Waals surface area contributed by atoms with Gasteiger partial charge in [0.15, 0.2) is 0 Å². The number of nitrogens with zero attached hydrogens (tertiary/aromatic N) is 1. The molecule has 1 fully saturated rings. The number of hydrogen-bond donors (Lipinski definition) is 1. The minimum Gasteiger partial charge on any atom is -0.377 e. The van der Waals surface area contributed by atoms with Crippen LogP contribution in [0.4, 0.5) is 0 Å². The molecule has 1 saturated heterocycles. The van der Waals surface area contributed by atoms with Crippen LogP contribution in [0.2, 0.25) is 0 Å². The van der Waals surface area contributed by atoms with Gasteiger partial charge in [-0.2, -0.15) is 0 Å². The Bertz CT molecular complexity index is 263. The molecule has 0 aromatic rings. The van der Waals surface area contributed by atoms with Crippen molar-refractivity contribution in [3.05, 3.63) is 0 Å². The van der Waals surface area contributed by atoms with Crippen LogP contribution >= 0.6 is 0 Å². The number of rotatable bonds is 3. The molecule has 1 rings (SSSR count). The number of amides is 1. The molecule has 2 unspecified atom stereocenters. The zero-order valence-electron chi connectivity index (χ0n) is 11.4. The van der Waals surface area contributed by atoms with Crippen LogP contribution in [0.3, 0.4) is 0 Å². The Balaban J connectivity index is 2.67. The van der Waals surface area contributed by atoms with E-state index in [1.165, 1.54) is 0 Å². The first kappa shape index (κ1) is 14.4. The topological polar surface area (TPSA) is 64.8 Å². The van der Waals surface area contributed by atoms with Crippen LogP contribution in [0.5, 0.6) is 0 Å². The first-order valence-corrected chi connectivity index (χ1v) is 5.91. The second kappa shape index (κ2) is 5.33. The van der Waals surface area contributed by atoms with E-state index in [0.717, 1.165) is 0 Å². The molecule has 1 aliphatic rings. The molecule has 0 bridgehead atoms. The summed E-state index contributed by atoms with van der Waals surface area (Å²) in [4.78, 5) is 13.9. The van der Waals surface area contributed by atoms with Gasteiger partial charge in [-0.3, -0.25) is 4.79 Å². The fourth-order valence-electron chi connectivity index (χ4n) is 1.94. The monoisotopic (exact) mass is 244 g/mol. The van der Waals surface area contributed by atoms with Crippen LogP contribution in [0.25, 0.3) is 0 Å². The van der Waals surface area contributed by atoms with Gasteiger partial charge in [0.1, 0.15) is 12.2 Å². The number of carbonyl (C=O) groups excluding carboxylic acids is 1. The summed E-state index contributed by atoms with van der Waals surface area (Å²) in [6, 6.07) is -0.490. The van der Waals surface area contributed by atoms with E-state index in [4.69, 9.17) is 15.2 Å². The van der Waals surface area contributed by atoms with E-state index in [2.05, 4.69) is 0 Å². The lowest BCUT2D eigenvalue weighted by Crippen LogP contribution is -2.50. The van der Waals surface area contributed by atoms with Gasteiger partial charge in [0.2, 0.25) is 5.91 Å². The maximum absolute atomic E-state index is 12.2. The fourth-order valence-corrected chi connectivity index (χ4v) is 1.94. The molecule has 1 amide bonds. The summed E-state index contributed by atoms with van der Waals surface area (Å²) in [5.74, 6) is -0.0286. The number of methoxy groups -OCH3 is 2. The van der Waals surface area contributed by atoms with Crippen molar-refractivity contribution >= 4 is 5.91 Å². The van der Waals surface area contributed by atoms with Gasteiger partial charge in [0, 0.05) is 27.3 Å². The van der Waals surface area contributed by atoms with Crippen molar-refractivity contribution in [3.8, 4) is 0 Å².